The largest absolute Gasteiger partial charge is 0.494 e. The lowest BCUT2D eigenvalue weighted by atomic mass is 10.0. The van der Waals surface area contributed by atoms with Crippen LogP contribution in [0, 0.1) is 0 Å². The minimum atomic E-state index is 0.628. The van der Waals surface area contributed by atoms with E-state index in [1.807, 2.05) is 35.0 Å². The van der Waals surface area contributed by atoms with Crippen molar-refractivity contribution in [2.75, 3.05) is 19.0 Å². The Morgan fingerprint density at radius 3 is 2.64 bits per heavy atom. The number of rotatable bonds is 4. The van der Waals surface area contributed by atoms with Gasteiger partial charge in [0.1, 0.15) is 17.3 Å². The number of nitrogens with zero attached hydrogens (tertiary/aromatic N) is 2. The third-order valence-corrected chi connectivity index (χ3v) is 5.78. The van der Waals surface area contributed by atoms with Gasteiger partial charge in [-0.2, -0.15) is 5.10 Å². The van der Waals surface area contributed by atoms with E-state index in [4.69, 9.17) is 44.6 Å². The molecule has 28 heavy (non-hydrogen) atoms. The van der Waals surface area contributed by atoms with Crippen LogP contribution in [0.25, 0.3) is 5.69 Å². The normalized spacial score (nSPS) is 13.6. The summed E-state index contributed by atoms with van der Waals surface area (Å²) in [7, 11) is 1.65. The fraction of sp³-hybridized carbons (Fsp3) is 0.286. The van der Waals surface area contributed by atoms with Crippen LogP contribution in [0.5, 0.6) is 5.75 Å². The van der Waals surface area contributed by atoms with Crippen molar-refractivity contribution in [1.29, 1.82) is 0 Å². The third-order valence-electron chi connectivity index (χ3n) is 4.95. The number of nitrogens with one attached hydrogen (secondary N) is 1. The van der Waals surface area contributed by atoms with Crippen LogP contribution in [0.2, 0.25) is 15.1 Å². The van der Waals surface area contributed by atoms with Crippen LogP contribution in [0.4, 0.5) is 5.82 Å². The molecule has 0 saturated carbocycles. The molecule has 2 heterocycles. The van der Waals surface area contributed by atoms with Crippen molar-refractivity contribution in [2.45, 2.75) is 25.7 Å². The molecule has 146 valence electrons. The van der Waals surface area contributed by atoms with Gasteiger partial charge in [0.05, 0.1) is 12.8 Å². The van der Waals surface area contributed by atoms with Crippen molar-refractivity contribution in [3.05, 3.63) is 68.3 Å². The van der Waals surface area contributed by atoms with Crippen LogP contribution >= 0.6 is 34.8 Å². The number of methoxy groups -OCH3 is 1. The number of hydrogen-bond donors (Lipinski definition) is 1. The summed E-state index contributed by atoms with van der Waals surface area (Å²) in [5.41, 5.74) is 4.02. The molecule has 0 aliphatic carbocycles. The first kappa shape index (κ1) is 19.4. The van der Waals surface area contributed by atoms with Crippen LogP contribution in [-0.4, -0.2) is 23.4 Å². The number of aromatic nitrogens is 2. The van der Waals surface area contributed by atoms with E-state index in [2.05, 4.69) is 5.32 Å². The maximum atomic E-state index is 6.41. The van der Waals surface area contributed by atoms with Gasteiger partial charge in [0.25, 0.3) is 0 Å². The van der Waals surface area contributed by atoms with E-state index in [1.165, 1.54) is 5.56 Å². The van der Waals surface area contributed by atoms with Crippen molar-refractivity contribution < 1.29 is 4.74 Å². The fourth-order valence-corrected chi connectivity index (χ4v) is 4.21. The molecule has 0 bridgehead atoms. The Bertz CT molecular complexity index is 1020. The van der Waals surface area contributed by atoms with Gasteiger partial charge in [0.15, 0.2) is 0 Å². The van der Waals surface area contributed by atoms with Crippen molar-refractivity contribution >= 4 is 40.6 Å². The number of halogens is 3. The van der Waals surface area contributed by atoms with E-state index in [-0.39, 0.29) is 0 Å². The van der Waals surface area contributed by atoms with Crippen molar-refractivity contribution in [3.63, 3.8) is 0 Å². The molecule has 1 aliphatic rings. The molecule has 0 saturated heterocycles. The van der Waals surface area contributed by atoms with Crippen LogP contribution in [-0.2, 0) is 12.8 Å². The molecule has 0 atom stereocenters. The summed E-state index contributed by atoms with van der Waals surface area (Å²) in [6.45, 7) is 0.905. The van der Waals surface area contributed by atoms with Gasteiger partial charge < -0.3 is 10.1 Å². The third kappa shape index (κ3) is 3.82. The fourth-order valence-electron chi connectivity index (χ4n) is 3.56. The molecule has 0 unspecified atom stereocenters. The first-order valence-electron chi connectivity index (χ1n) is 9.19. The highest BCUT2D eigenvalue weighted by atomic mass is 35.5. The zero-order chi connectivity index (χ0) is 19.7. The van der Waals surface area contributed by atoms with Crippen LogP contribution in [0.15, 0.2) is 36.4 Å². The first-order valence-corrected chi connectivity index (χ1v) is 10.3. The van der Waals surface area contributed by atoms with Gasteiger partial charge in [-0.1, -0.05) is 40.9 Å². The highest BCUT2D eigenvalue weighted by Gasteiger charge is 2.23. The lowest BCUT2D eigenvalue weighted by Gasteiger charge is -2.13. The number of hydrogen-bond acceptors (Lipinski definition) is 3. The zero-order valence-corrected chi connectivity index (χ0v) is 17.7. The Hall–Kier alpha value is -1.88. The maximum Gasteiger partial charge on any atom is 0.144 e. The Labute approximate surface area is 179 Å². The molecule has 4 nitrogen and oxygen atoms in total. The van der Waals surface area contributed by atoms with Gasteiger partial charge in [0.2, 0.25) is 0 Å². The molecular weight excluding hydrogens is 417 g/mol. The summed E-state index contributed by atoms with van der Waals surface area (Å²) in [5.74, 6) is 1.72. The Balaban J connectivity index is 1.84. The minimum Gasteiger partial charge on any atom is -0.494 e. The quantitative estimate of drug-likeness (QED) is 0.531. The number of anilines is 1. The van der Waals surface area contributed by atoms with E-state index < -0.39 is 0 Å². The molecule has 1 N–H and O–H groups in total. The van der Waals surface area contributed by atoms with Crippen LogP contribution in [0.3, 0.4) is 0 Å². The summed E-state index contributed by atoms with van der Waals surface area (Å²) in [6.07, 6.45) is 3.82. The average Bonchev–Trinajstić information content (AvgIpc) is 2.85. The van der Waals surface area contributed by atoms with Crippen molar-refractivity contribution in [3.8, 4) is 11.4 Å². The smallest absolute Gasteiger partial charge is 0.144 e. The standard InChI is InChI=1S/C21H20Cl3N3O/c1-28-20-8-7-15(23)12-19(20)27-21-16(4-2-3-9-25-21)18(26-27)10-13-5-6-14(22)11-17(13)24/h5-8,11-12,25H,2-4,9-10H2,1H3. The molecule has 0 fully saturated rings. The number of ether oxygens (including phenoxy) is 1. The minimum absolute atomic E-state index is 0.628. The molecule has 1 aliphatic heterocycles. The zero-order valence-electron chi connectivity index (χ0n) is 15.4. The van der Waals surface area contributed by atoms with Crippen molar-refractivity contribution in [2.24, 2.45) is 0 Å². The van der Waals surface area contributed by atoms with Gasteiger partial charge in [-0.25, -0.2) is 4.68 Å². The molecule has 1 aromatic heterocycles. The molecule has 0 amide bonds. The van der Waals surface area contributed by atoms with E-state index in [0.29, 0.717) is 21.5 Å². The van der Waals surface area contributed by atoms with Gasteiger partial charge in [0, 0.05) is 33.6 Å². The van der Waals surface area contributed by atoms with Gasteiger partial charge in [-0.05, 0) is 55.2 Å². The summed E-state index contributed by atoms with van der Waals surface area (Å²) in [5, 5.41) is 10.4. The monoisotopic (exact) mass is 435 g/mol. The van der Waals surface area contributed by atoms with E-state index in [9.17, 15) is 0 Å². The summed E-state index contributed by atoms with van der Waals surface area (Å²) < 4.78 is 7.46. The Morgan fingerprint density at radius 1 is 1.07 bits per heavy atom. The maximum absolute atomic E-state index is 6.41. The van der Waals surface area contributed by atoms with Crippen LogP contribution < -0.4 is 10.1 Å². The molecule has 7 heteroatoms. The number of fused-ring (bicyclic) bond motifs is 1. The summed E-state index contributed by atoms with van der Waals surface area (Å²) in [6, 6.07) is 11.1. The molecule has 3 aromatic rings. The second-order valence-electron chi connectivity index (χ2n) is 6.80. The van der Waals surface area contributed by atoms with Crippen LogP contribution in [0.1, 0.15) is 29.7 Å². The van der Waals surface area contributed by atoms with Crippen molar-refractivity contribution in [1.82, 2.24) is 9.78 Å². The second-order valence-corrected chi connectivity index (χ2v) is 8.08. The average molecular weight is 437 g/mol. The number of benzene rings is 2. The van der Waals surface area contributed by atoms with Gasteiger partial charge in [-0.3, -0.25) is 0 Å². The predicted octanol–water partition coefficient (Wildman–Crippen LogP) is 6.18. The Kier molecular flexibility index (Phi) is 5.72. The van der Waals surface area contributed by atoms with E-state index in [0.717, 1.165) is 54.3 Å². The van der Waals surface area contributed by atoms with E-state index in [1.54, 1.807) is 13.2 Å². The lowest BCUT2D eigenvalue weighted by Crippen LogP contribution is -2.08. The highest BCUT2D eigenvalue weighted by molar-refractivity contribution is 6.35. The van der Waals surface area contributed by atoms with E-state index >= 15 is 0 Å². The summed E-state index contributed by atoms with van der Waals surface area (Å²) >= 11 is 18.7. The SMILES string of the molecule is COc1ccc(Cl)cc1-n1nc(Cc2ccc(Cl)cc2Cl)c2c1NCCCC2. The molecular formula is C21H20Cl3N3O. The summed E-state index contributed by atoms with van der Waals surface area (Å²) in [4.78, 5) is 0. The van der Waals surface area contributed by atoms with Gasteiger partial charge >= 0.3 is 0 Å². The first-order chi connectivity index (χ1) is 13.6. The molecule has 0 spiro atoms. The highest BCUT2D eigenvalue weighted by Crippen LogP contribution is 2.35. The Morgan fingerprint density at radius 2 is 1.86 bits per heavy atom. The molecule has 0 radical (unpaired) electrons. The lowest BCUT2D eigenvalue weighted by molar-refractivity contribution is 0.412. The molecule has 4 rings (SSSR count). The predicted molar refractivity (Wildman–Crippen MR) is 116 cm³/mol. The topological polar surface area (TPSA) is 39.1 Å². The molecule has 2 aromatic carbocycles. The second kappa shape index (κ2) is 8.24. The van der Waals surface area contributed by atoms with Gasteiger partial charge in [-0.15, -0.1) is 0 Å².